The summed E-state index contributed by atoms with van der Waals surface area (Å²) in [5.41, 5.74) is 2.81. The number of nitrogen functional groups attached to an aromatic ring is 1. The summed E-state index contributed by atoms with van der Waals surface area (Å²) in [6, 6.07) is 6.45. The Morgan fingerprint density at radius 2 is 1.95 bits per heavy atom. The molecule has 1 heterocycles. The third-order valence-electron chi connectivity index (χ3n) is 3.86. The highest BCUT2D eigenvalue weighted by atomic mass is 32.2. The first-order valence-corrected chi connectivity index (χ1v) is 8.30. The van der Waals surface area contributed by atoms with E-state index in [1.54, 1.807) is 24.3 Å². The van der Waals surface area contributed by atoms with E-state index < -0.39 is 10.0 Å². The molecule has 0 bridgehead atoms. The number of sulfonamides is 1. The zero-order valence-corrected chi connectivity index (χ0v) is 11.9. The van der Waals surface area contributed by atoms with E-state index in [1.807, 2.05) is 0 Å². The number of rotatable bonds is 5. The van der Waals surface area contributed by atoms with Gasteiger partial charge < -0.3 is 10.2 Å². The second-order valence-corrected chi connectivity index (χ2v) is 7.01. The van der Waals surface area contributed by atoms with Crippen molar-refractivity contribution in [2.75, 3.05) is 12.0 Å². The van der Waals surface area contributed by atoms with Gasteiger partial charge in [0.1, 0.15) is 4.90 Å². The Kier molecular flexibility index (Phi) is 3.68. The van der Waals surface area contributed by atoms with Gasteiger partial charge >= 0.3 is 0 Å². The summed E-state index contributed by atoms with van der Waals surface area (Å²) in [7, 11) is -3.60. The normalized spacial score (nSPS) is 26.6. The largest absolute Gasteiger partial charge is 0.376 e. The molecule has 2 aliphatic rings. The number of nitrogens with one attached hydrogen (secondary N) is 2. The van der Waals surface area contributed by atoms with Gasteiger partial charge in [0.25, 0.3) is 0 Å². The van der Waals surface area contributed by atoms with E-state index in [-0.39, 0.29) is 17.0 Å². The number of nitrogens with two attached hydrogens (primary N) is 1. The quantitative estimate of drug-likeness (QED) is 0.552. The summed E-state index contributed by atoms with van der Waals surface area (Å²) in [6.07, 6.45) is 2.99. The van der Waals surface area contributed by atoms with E-state index >= 15 is 0 Å². The Morgan fingerprint density at radius 3 is 2.65 bits per heavy atom. The minimum absolute atomic E-state index is 0.0165. The van der Waals surface area contributed by atoms with Crippen LogP contribution in [0.5, 0.6) is 0 Å². The predicted octanol–water partition coefficient (Wildman–Crippen LogP) is 0.818. The summed E-state index contributed by atoms with van der Waals surface area (Å²) < 4.78 is 33.4. The van der Waals surface area contributed by atoms with E-state index in [0.717, 1.165) is 19.3 Å². The molecule has 4 N–H and O–H groups in total. The molecular weight excluding hydrogens is 278 g/mol. The van der Waals surface area contributed by atoms with Crippen molar-refractivity contribution in [2.24, 2.45) is 11.8 Å². The SMILES string of the molecule is NNc1ccccc1S(=O)(=O)NC1CCOC1C1CC1. The number of para-hydroxylation sites is 1. The first-order chi connectivity index (χ1) is 9.62. The van der Waals surface area contributed by atoms with Gasteiger partial charge in [-0.2, -0.15) is 0 Å². The molecule has 0 aromatic heterocycles. The van der Waals surface area contributed by atoms with Crippen molar-refractivity contribution in [3.05, 3.63) is 24.3 Å². The van der Waals surface area contributed by atoms with E-state index in [4.69, 9.17) is 10.6 Å². The molecular formula is C13H19N3O3S. The number of hydrazine groups is 1. The second-order valence-electron chi connectivity index (χ2n) is 5.33. The zero-order chi connectivity index (χ0) is 14.2. The van der Waals surface area contributed by atoms with Crippen LogP contribution in [0.15, 0.2) is 29.2 Å². The highest BCUT2D eigenvalue weighted by Crippen LogP contribution is 2.39. The zero-order valence-electron chi connectivity index (χ0n) is 11.1. The molecule has 2 fully saturated rings. The molecule has 2 unspecified atom stereocenters. The highest BCUT2D eigenvalue weighted by Gasteiger charge is 2.42. The van der Waals surface area contributed by atoms with Crippen molar-refractivity contribution in [3.8, 4) is 0 Å². The Hall–Kier alpha value is -1.15. The topological polar surface area (TPSA) is 93.5 Å². The maximum Gasteiger partial charge on any atom is 0.243 e. The summed E-state index contributed by atoms with van der Waals surface area (Å²) in [4.78, 5) is 0.170. The van der Waals surface area contributed by atoms with Gasteiger partial charge in [-0.3, -0.25) is 5.84 Å². The van der Waals surface area contributed by atoms with Crippen LogP contribution in [-0.2, 0) is 14.8 Å². The Labute approximate surface area is 118 Å². The van der Waals surface area contributed by atoms with Crippen LogP contribution >= 0.6 is 0 Å². The van der Waals surface area contributed by atoms with E-state index in [2.05, 4.69) is 10.1 Å². The van der Waals surface area contributed by atoms with Crippen molar-refractivity contribution in [1.82, 2.24) is 4.72 Å². The molecule has 6 nitrogen and oxygen atoms in total. The summed E-state index contributed by atoms with van der Waals surface area (Å²) in [5, 5.41) is 0. The number of hydrogen-bond acceptors (Lipinski definition) is 5. The molecule has 1 aromatic rings. The van der Waals surface area contributed by atoms with Crippen LogP contribution in [0.25, 0.3) is 0 Å². The minimum Gasteiger partial charge on any atom is -0.376 e. The van der Waals surface area contributed by atoms with Crippen molar-refractivity contribution < 1.29 is 13.2 Å². The fourth-order valence-corrected chi connectivity index (χ4v) is 4.16. The number of anilines is 1. The number of hydrogen-bond donors (Lipinski definition) is 3. The lowest BCUT2D eigenvalue weighted by Crippen LogP contribution is -2.41. The lowest BCUT2D eigenvalue weighted by atomic mass is 10.1. The molecule has 1 saturated carbocycles. The summed E-state index contributed by atoms with van der Waals surface area (Å²) in [6.45, 7) is 0.616. The van der Waals surface area contributed by atoms with Crippen LogP contribution in [-0.4, -0.2) is 27.2 Å². The van der Waals surface area contributed by atoms with Crippen LogP contribution in [0.3, 0.4) is 0 Å². The fraction of sp³-hybridized carbons (Fsp3) is 0.538. The third kappa shape index (κ3) is 2.67. The average molecular weight is 297 g/mol. The fourth-order valence-electron chi connectivity index (χ4n) is 2.71. The molecule has 0 spiro atoms. The van der Waals surface area contributed by atoms with Gasteiger partial charge in [0.15, 0.2) is 0 Å². The van der Waals surface area contributed by atoms with Crippen LogP contribution in [0.1, 0.15) is 19.3 Å². The van der Waals surface area contributed by atoms with Gasteiger partial charge in [-0.25, -0.2) is 13.1 Å². The average Bonchev–Trinajstić information content (AvgIpc) is 3.19. The van der Waals surface area contributed by atoms with Crippen LogP contribution in [0.4, 0.5) is 5.69 Å². The predicted molar refractivity (Wildman–Crippen MR) is 75.4 cm³/mol. The van der Waals surface area contributed by atoms with Crippen molar-refractivity contribution in [3.63, 3.8) is 0 Å². The molecule has 1 saturated heterocycles. The molecule has 1 aromatic carbocycles. The lowest BCUT2D eigenvalue weighted by Gasteiger charge is -2.20. The smallest absolute Gasteiger partial charge is 0.243 e. The standard InChI is InChI=1S/C13H19N3O3S/c14-15-10-3-1-2-4-12(10)20(17,18)16-11-7-8-19-13(11)9-5-6-9/h1-4,9,11,13,15-16H,5-8,14H2. The van der Waals surface area contributed by atoms with E-state index in [0.29, 0.717) is 18.2 Å². The Balaban J connectivity index is 1.81. The number of benzene rings is 1. The van der Waals surface area contributed by atoms with Crippen molar-refractivity contribution in [2.45, 2.75) is 36.3 Å². The van der Waals surface area contributed by atoms with Gasteiger partial charge in [-0.15, -0.1) is 0 Å². The van der Waals surface area contributed by atoms with E-state index in [9.17, 15) is 8.42 Å². The molecule has 0 amide bonds. The Morgan fingerprint density at radius 1 is 1.20 bits per heavy atom. The highest BCUT2D eigenvalue weighted by molar-refractivity contribution is 7.89. The van der Waals surface area contributed by atoms with Crippen LogP contribution < -0.4 is 16.0 Å². The monoisotopic (exact) mass is 297 g/mol. The van der Waals surface area contributed by atoms with Crippen LogP contribution in [0.2, 0.25) is 0 Å². The summed E-state index contributed by atoms with van der Waals surface area (Å²) >= 11 is 0. The van der Waals surface area contributed by atoms with Gasteiger partial charge in [0.2, 0.25) is 10.0 Å². The van der Waals surface area contributed by atoms with Gasteiger partial charge in [-0.05, 0) is 37.3 Å². The van der Waals surface area contributed by atoms with E-state index in [1.165, 1.54) is 0 Å². The second kappa shape index (κ2) is 5.33. The minimum atomic E-state index is -3.60. The van der Waals surface area contributed by atoms with Crippen molar-refractivity contribution >= 4 is 15.7 Å². The molecule has 2 atom stereocenters. The van der Waals surface area contributed by atoms with Crippen LogP contribution in [0, 0.1) is 5.92 Å². The summed E-state index contributed by atoms with van der Waals surface area (Å²) in [5.74, 6) is 5.88. The lowest BCUT2D eigenvalue weighted by molar-refractivity contribution is 0.0848. The van der Waals surface area contributed by atoms with Gasteiger partial charge in [0, 0.05) is 6.61 Å². The first-order valence-electron chi connectivity index (χ1n) is 6.81. The molecule has 7 heteroatoms. The first kappa shape index (κ1) is 13.8. The third-order valence-corrected chi connectivity index (χ3v) is 5.41. The molecule has 110 valence electrons. The Bertz CT molecular complexity index is 586. The van der Waals surface area contributed by atoms with Gasteiger partial charge in [-0.1, -0.05) is 12.1 Å². The van der Waals surface area contributed by atoms with Crippen molar-refractivity contribution in [1.29, 1.82) is 0 Å². The maximum atomic E-state index is 12.5. The molecule has 20 heavy (non-hydrogen) atoms. The molecule has 0 radical (unpaired) electrons. The molecule has 1 aliphatic carbocycles. The number of ether oxygens (including phenoxy) is 1. The molecule has 1 aliphatic heterocycles. The van der Waals surface area contributed by atoms with Gasteiger partial charge in [0.05, 0.1) is 17.8 Å². The maximum absolute atomic E-state index is 12.5. The molecule has 3 rings (SSSR count).